The Morgan fingerprint density at radius 2 is 1.85 bits per heavy atom. The third-order valence-corrected chi connectivity index (χ3v) is 8.87. The van der Waals surface area contributed by atoms with Gasteiger partial charge in [0.2, 0.25) is 15.7 Å². The molecule has 2 heterocycles. The molecule has 4 aromatic rings. The summed E-state index contributed by atoms with van der Waals surface area (Å²) in [5, 5.41) is 29.6. The molecule has 0 amide bonds. The van der Waals surface area contributed by atoms with Crippen LogP contribution in [0.25, 0.3) is 11.1 Å². The fourth-order valence-corrected chi connectivity index (χ4v) is 6.22. The molecule has 1 unspecified atom stereocenters. The van der Waals surface area contributed by atoms with E-state index in [0.29, 0.717) is 52.4 Å². The topological polar surface area (TPSA) is 150 Å². The molecule has 1 saturated carbocycles. The molecule has 1 fully saturated rings. The lowest BCUT2D eigenvalue weighted by Gasteiger charge is -2.23. The van der Waals surface area contributed by atoms with Crippen molar-refractivity contribution in [3.63, 3.8) is 0 Å². The van der Waals surface area contributed by atoms with Crippen LogP contribution < -0.4 is 5.56 Å². The van der Waals surface area contributed by atoms with Gasteiger partial charge in [-0.05, 0) is 66.6 Å². The van der Waals surface area contributed by atoms with Crippen molar-refractivity contribution in [3.05, 3.63) is 99.9 Å². The van der Waals surface area contributed by atoms with Gasteiger partial charge in [-0.2, -0.15) is 15.5 Å². The molecule has 1 aliphatic carbocycles. The van der Waals surface area contributed by atoms with Crippen LogP contribution in [-0.2, 0) is 16.3 Å². The van der Waals surface area contributed by atoms with Crippen molar-refractivity contribution >= 4 is 9.84 Å². The molecule has 40 heavy (non-hydrogen) atoms. The third-order valence-electron chi connectivity index (χ3n) is 7.08. The van der Waals surface area contributed by atoms with Crippen LogP contribution in [0.5, 0.6) is 5.88 Å². The van der Waals surface area contributed by atoms with Gasteiger partial charge >= 0.3 is 0 Å². The number of rotatable bonds is 8. The third kappa shape index (κ3) is 4.97. The predicted molar refractivity (Wildman–Crippen MR) is 146 cm³/mol. The van der Waals surface area contributed by atoms with Gasteiger partial charge < -0.3 is 5.11 Å². The van der Waals surface area contributed by atoms with E-state index >= 15 is 0 Å². The average Bonchev–Trinajstić information content (AvgIpc) is 3.79. The second-order valence-corrected chi connectivity index (χ2v) is 11.6. The monoisotopic (exact) mass is 551 g/mol. The smallest absolute Gasteiger partial charge is 0.277 e. The van der Waals surface area contributed by atoms with Gasteiger partial charge in [0.1, 0.15) is 11.9 Å². The lowest BCUT2D eigenvalue weighted by Crippen LogP contribution is -2.33. The van der Waals surface area contributed by atoms with Crippen LogP contribution in [0.15, 0.2) is 81.6 Å². The fraction of sp³-hybridized carbons (Fsp3) is 0.233. The number of aromatic nitrogens is 3. The van der Waals surface area contributed by atoms with Gasteiger partial charge in [0.05, 0.1) is 28.1 Å². The molecule has 5 rings (SSSR count). The van der Waals surface area contributed by atoms with Gasteiger partial charge in [0.25, 0.3) is 5.56 Å². The number of benzene rings is 2. The second-order valence-electron chi connectivity index (χ2n) is 9.73. The van der Waals surface area contributed by atoms with Crippen LogP contribution >= 0.6 is 0 Å². The first-order valence-electron chi connectivity index (χ1n) is 12.8. The van der Waals surface area contributed by atoms with E-state index < -0.39 is 32.2 Å². The van der Waals surface area contributed by atoms with Gasteiger partial charge in [-0.1, -0.05) is 31.2 Å². The molecule has 10 heteroatoms. The average molecular weight is 552 g/mol. The highest BCUT2D eigenvalue weighted by atomic mass is 32.2. The van der Waals surface area contributed by atoms with E-state index in [-0.39, 0.29) is 4.90 Å². The number of hydrogen-bond donors (Lipinski definition) is 1. The van der Waals surface area contributed by atoms with Crippen LogP contribution in [0.1, 0.15) is 54.7 Å². The molecule has 9 nitrogen and oxygen atoms in total. The summed E-state index contributed by atoms with van der Waals surface area (Å²) in [6.45, 7) is 1.87. The molecule has 0 saturated heterocycles. The van der Waals surface area contributed by atoms with Gasteiger partial charge in [0.15, 0.2) is 4.90 Å². The maximum Gasteiger partial charge on any atom is 0.277 e. The van der Waals surface area contributed by atoms with E-state index in [1.165, 1.54) is 41.2 Å². The van der Waals surface area contributed by atoms with Crippen LogP contribution in [0, 0.1) is 28.6 Å². The Bertz CT molecular complexity index is 1850. The molecular formula is C30H25N5O4S. The Labute approximate surface area is 231 Å². The zero-order valence-corrected chi connectivity index (χ0v) is 22.5. The van der Waals surface area contributed by atoms with Gasteiger partial charge in [-0.3, -0.25) is 14.3 Å². The molecule has 0 spiro atoms. The summed E-state index contributed by atoms with van der Waals surface area (Å²) in [5.74, 6) is -0.209. The van der Waals surface area contributed by atoms with Gasteiger partial charge in [-0.25, -0.2) is 8.42 Å². The lowest BCUT2D eigenvalue weighted by molar-refractivity contribution is 0.406. The zero-order chi connectivity index (χ0) is 28.4. The standard InChI is InChI=1S/C30H25N5O4S/c1-2-26(22-5-3-4-20(14-22)16-31)35-27(15-19-6-7-19)34-29(36)28(30(35)37)40(38,39)24-10-8-21(9-11-24)25-12-13-33-18-23(25)17-32/h3-5,8-14,18-19,26,36H,2,6-7,15H2,1H3. The second kappa shape index (κ2) is 10.8. The maximum atomic E-state index is 14.0. The highest BCUT2D eigenvalue weighted by Crippen LogP contribution is 2.35. The van der Waals surface area contributed by atoms with Crippen molar-refractivity contribution in [2.75, 3.05) is 0 Å². The molecule has 0 radical (unpaired) electrons. The highest BCUT2D eigenvalue weighted by molar-refractivity contribution is 7.91. The summed E-state index contributed by atoms with van der Waals surface area (Å²) >= 11 is 0. The van der Waals surface area contributed by atoms with E-state index in [1.807, 2.05) is 6.92 Å². The van der Waals surface area contributed by atoms with E-state index in [9.17, 15) is 28.8 Å². The summed E-state index contributed by atoms with van der Waals surface area (Å²) in [5.41, 5.74) is 1.75. The van der Waals surface area contributed by atoms with E-state index in [1.54, 1.807) is 30.3 Å². The summed E-state index contributed by atoms with van der Waals surface area (Å²) in [6.07, 6.45) is 5.75. The molecule has 2 aromatic heterocycles. The summed E-state index contributed by atoms with van der Waals surface area (Å²) in [4.78, 5) is 21.2. The van der Waals surface area contributed by atoms with Crippen LogP contribution in [0.3, 0.4) is 0 Å². The molecule has 2 aromatic carbocycles. The van der Waals surface area contributed by atoms with E-state index in [0.717, 1.165) is 12.8 Å². The van der Waals surface area contributed by atoms with Crippen molar-refractivity contribution in [3.8, 4) is 29.1 Å². The highest BCUT2D eigenvalue weighted by Gasteiger charge is 2.33. The summed E-state index contributed by atoms with van der Waals surface area (Å²) in [6, 6.07) is 17.8. The van der Waals surface area contributed by atoms with E-state index in [4.69, 9.17) is 0 Å². The molecule has 1 aliphatic rings. The van der Waals surface area contributed by atoms with Crippen LogP contribution in [-0.4, -0.2) is 28.1 Å². The Kier molecular flexibility index (Phi) is 7.20. The first-order chi connectivity index (χ1) is 19.3. The minimum Gasteiger partial charge on any atom is -0.492 e. The molecule has 0 bridgehead atoms. The SMILES string of the molecule is CCC(c1cccc(C#N)c1)n1c(CC2CC2)nc(O)c(S(=O)(=O)c2ccc(-c3ccncc3C#N)cc2)c1=O. The first-order valence-corrected chi connectivity index (χ1v) is 14.3. The lowest BCUT2D eigenvalue weighted by atomic mass is 10.0. The first kappa shape index (κ1) is 26.8. The summed E-state index contributed by atoms with van der Waals surface area (Å²) in [7, 11) is -4.48. The molecular weight excluding hydrogens is 526 g/mol. The van der Waals surface area contributed by atoms with Crippen molar-refractivity contribution in [2.24, 2.45) is 5.92 Å². The number of aromatic hydroxyl groups is 1. The van der Waals surface area contributed by atoms with Crippen molar-refractivity contribution < 1.29 is 13.5 Å². The van der Waals surface area contributed by atoms with Crippen molar-refractivity contribution in [1.82, 2.24) is 14.5 Å². The van der Waals surface area contributed by atoms with Crippen molar-refractivity contribution in [1.29, 1.82) is 10.5 Å². The molecule has 0 aliphatic heterocycles. The van der Waals surface area contributed by atoms with Crippen molar-refractivity contribution in [2.45, 2.75) is 48.4 Å². The Morgan fingerprint density at radius 3 is 2.50 bits per heavy atom. The summed E-state index contributed by atoms with van der Waals surface area (Å²) < 4.78 is 28.9. The minimum atomic E-state index is -4.48. The normalized spacial score (nSPS) is 13.8. The molecule has 1 N–H and O–H groups in total. The predicted octanol–water partition coefficient (Wildman–Crippen LogP) is 4.54. The minimum absolute atomic E-state index is 0.195. The number of nitriles is 2. The molecule has 200 valence electrons. The number of sulfone groups is 1. The Morgan fingerprint density at radius 1 is 1.10 bits per heavy atom. The van der Waals surface area contributed by atoms with Gasteiger partial charge in [0, 0.05) is 24.4 Å². The largest absolute Gasteiger partial charge is 0.492 e. The Balaban J connectivity index is 1.64. The van der Waals surface area contributed by atoms with Crippen LogP contribution in [0.4, 0.5) is 0 Å². The number of hydrogen-bond acceptors (Lipinski definition) is 8. The van der Waals surface area contributed by atoms with Gasteiger partial charge in [-0.15, -0.1) is 0 Å². The fourth-order valence-electron chi connectivity index (χ4n) is 4.88. The van der Waals surface area contributed by atoms with E-state index in [2.05, 4.69) is 22.1 Å². The molecule has 1 atom stereocenters. The maximum absolute atomic E-state index is 14.0. The number of nitrogens with zero attached hydrogens (tertiary/aromatic N) is 5. The zero-order valence-electron chi connectivity index (χ0n) is 21.7. The quantitative estimate of drug-likeness (QED) is 0.335. The Hall–Kier alpha value is -4.80. The number of pyridine rings is 1. The van der Waals surface area contributed by atoms with Crippen LogP contribution in [0.2, 0.25) is 0 Å².